The summed E-state index contributed by atoms with van der Waals surface area (Å²) in [7, 11) is 1.99. The summed E-state index contributed by atoms with van der Waals surface area (Å²) < 4.78 is 79.0. The van der Waals surface area contributed by atoms with Gasteiger partial charge in [-0.15, -0.1) is 0 Å². The Hall–Kier alpha value is -3.93. The number of pyridine rings is 1. The number of anilines is 1. The van der Waals surface area contributed by atoms with Crippen LogP contribution in [0.25, 0.3) is 0 Å². The predicted molar refractivity (Wildman–Crippen MR) is 136 cm³/mol. The summed E-state index contributed by atoms with van der Waals surface area (Å²) in [5.41, 5.74) is -2.72. The van der Waals surface area contributed by atoms with Crippen LogP contribution in [0.5, 0.6) is 0 Å². The number of carbonyl (C=O) groups is 2. The first-order valence-corrected chi connectivity index (χ1v) is 12.4. The SMILES string of the molecule is CN1CCN(c2cc(C(=O)c3ccccc3)c(C(=O)NCCc3cc(C(F)(F)F)cc(C(F)(F)F)c3)cn2)CC1. The maximum Gasteiger partial charge on any atom is 0.416 e. The number of piperazine rings is 1. The van der Waals surface area contributed by atoms with Crippen LogP contribution in [0.2, 0.25) is 0 Å². The molecule has 0 aliphatic carbocycles. The monoisotopic (exact) mass is 564 g/mol. The fourth-order valence-electron chi connectivity index (χ4n) is 4.35. The van der Waals surface area contributed by atoms with Gasteiger partial charge in [-0.25, -0.2) is 4.98 Å². The lowest BCUT2D eigenvalue weighted by Gasteiger charge is -2.33. The molecule has 6 nitrogen and oxygen atoms in total. The van der Waals surface area contributed by atoms with E-state index < -0.39 is 35.2 Å². The van der Waals surface area contributed by atoms with Crippen LogP contribution in [0, 0.1) is 0 Å². The quantitative estimate of drug-likeness (QED) is 0.321. The molecular formula is C28H26F6N4O2. The molecule has 2 aromatic carbocycles. The zero-order valence-corrected chi connectivity index (χ0v) is 21.4. The maximum atomic E-state index is 13.4. The Kier molecular flexibility index (Phi) is 8.48. The number of hydrogen-bond donors (Lipinski definition) is 1. The summed E-state index contributed by atoms with van der Waals surface area (Å²) >= 11 is 0. The molecule has 1 N–H and O–H groups in total. The van der Waals surface area contributed by atoms with Crippen molar-refractivity contribution < 1.29 is 35.9 Å². The largest absolute Gasteiger partial charge is 0.416 e. The third kappa shape index (κ3) is 6.98. The molecule has 4 rings (SSSR count). The van der Waals surface area contributed by atoms with Gasteiger partial charge in [0.2, 0.25) is 0 Å². The van der Waals surface area contributed by atoms with E-state index in [1.54, 1.807) is 30.3 Å². The number of hydrogen-bond acceptors (Lipinski definition) is 5. The topological polar surface area (TPSA) is 65.5 Å². The van der Waals surface area contributed by atoms with Crippen LogP contribution < -0.4 is 10.2 Å². The van der Waals surface area contributed by atoms with Crippen molar-refractivity contribution in [1.82, 2.24) is 15.2 Å². The number of benzene rings is 2. The predicted octanol–water partition coefficient (Wildman–Crippen LogP) is 5.07. The fraction of sp³-hybridized carbons (Fsp3) is 0.321. The van der Waals surface area contributed by atoms with E-state index in [9.17, 15) is 35.9 Å². The van der Waals surface area contributed by atoms with Gasteiger partial charge >= 0.3 is 12.4 Å². The number of nitrogens with one attached hydrogen (secondary N) is 1. The van der Waals surface area contributed by atoms with Crippen molar-refractivity contribution >= 4 is 17.5 Å². The minimum atomic E-state index is -4.97. The van der Waals surface area contributed by atoms with E-state index in [-0.39, 0.29) is 35.7 Å². The maximum absolute atomic E-state index is 13.4. The van der Waals surface area contributed by atoms with E-state index in [0.29, 0.717) is 36.6 Å². The molecule has 1 aliphatic rings. The smallest absolute Gasteiger partial charge is 0.354 e. The molecule has 1 fully saturated rings. The molecule has 2 heterocycles. The van der Waals surface area contributed by atoms with Crippen LogP contribution in [0.3, 0.4) is 0 Å². The van der Waals surface area contributed by atoms with Crippen LogP contribution >= 0.6 is 0 Å². The summed E-state index contributed by atoms with van der Waals surface area (Å²) in [5.74, 6) is -0.622. The highest BCUT2D eigenvalue weighted by atomic mass is 19.4. The normalized spacial score (nSPS) is 14.7. The third-order valence-electron chi connectivity index (χ3n) is 6.59. The standard InChI is InChI=1S/C28H26F6N4O2/c1-37-9-11-38(12-10-37)24-16-22(25(39)19-5-3-2-4-6-19)23(17-36-24)26(40)35-8-7-18-13-20(27(29,30)31)15-21(14-18)28(32,33)34/h2-6,13-17H,7-12H2,1H3,(H,35,40). The Morgan fingerprint density at radius 1 is 0.850 bits per heavy atom. The molecule has 212 valence electrons. The van der Waals surface area contributed by atoms with Crippen molar-refractivity contribution in [3.63, 3.8) is 0 Å². The summed E-state index contributed by atoms with van der Waals surface area (Å²) in [4.78, 5) is 35.0. The Balaban J connectivity index is 1.56. The van der Waals surface area contributed by atoms with Crippen LogP contribution in [0.4, 0.5) is 32.2 Å². The lowest BCUT2D eigenvalue weighted by molar-refractivity contribution is -0.143. The van der Waals surface area contributed by atoms with Gasteiger partial charge in [0, 0.05) is 50.0 Å². The van der Waals surface area contributed by atoms with E-state index in [0.717, 1.165) is 13.1 Å². The number of alkyl halides is 6. The summed E-state index contributed by atoms with van der Waals surface area (Å²) in [5, 5.41) is 2.50. The molecule has 1 aliphatic heterocycles. The first-order valence-electron chi connectivity index (χ1n) is 12.4. The zero-order chi connectivity index (χ0) is 29.1. The molecule has 12 heteroatoms. The van der Waals surface area contributed by atoms with Crippen LogP contribution in [0.15, 0.2) is 60.8 Å². The van der Waals surface area contributed by atoms with Gasteiger partial charge in [-0.2, -0.15) is 26.3 Å². The molecule has 1 amide bonds. The Morgan fingerprint density at radius 2 is 1.45 bits per heavy atom. The highest BCUT2D eigenvalue weighted by Gasteiger charge is 2.36. The molecule has 1 aromatic heterocycles. The molecule has 0 saturated carbocycles. The molecular weight excluding hydrogens is 538 g/mol. The number of halogens is 6. The number of ketones is 1. The minimum absolute atomic E-state index is 0.0493. The third-order valence-corrected chi connectivity index (χ3v) is 6.59. The number of nitrogens with zero attached hydrogens (tertiary/aromatic N) is 3. The van der Waals surface area contributed by atoms with Gasteiger partial charge in [-0.3, -0.25) is 9.59 Å². The summed E-state index contributed by atoms with van der Waals surface area (Å²) in [6, 6.07) is 11.1. The second kappa shape index (κ2) is 11.7. The highest BCUT2D eigenvalue weighted by Crippen LogP contribution is 2.36. The second-order valence-electron chi connectivity index (χ2n) is 9.49. The first kappa shape index (κ1) is 29.1. The molecule has 1 saturated heterocycles. The summed E-state index contributed by atoms with van der Waals surface area (Å²) in [6.45, 7) is 2.65. The lowest BCUT2D eigenvalue weighted by atomic mass is 9.99. The van der Waals surface area contributed by atoms with Gasteiger partial charge in [0.25, 0.3) is 5.91 Å². The van der Waals surface area contributed by atoms with E-state index in [1.165, 1.54) is 12.3 Å². The van der Waals surface area contributed by atoms with Crippen molar-refractivity contribution in [2.24, 2.45) is 0 Å². The second-order valence-corrected chi connectivity index (χ2v) is 9.49. The summed E-state index contributed by atoms with van der Waals surface area (Å²) in [6.07, 6.45) is -8.97. The molecule has 0 atom stereocenters. The average Bonchev–Trinajstić information content (AvgIpc) is 2.92. The zero-order valence-electron chi connectivity index (χ0n) is 21.4. The van der Waals surface area contributed by atoms with Crippen LogP contribution in [0.1, 0.15) is 43.0 Å². The van der Waals surface area contributed by atoms with Crippen molar-refractivity contribution in [1.29, 1.82) is 0 Å². The number of aromatic nitrogens is 1. The molecule has 0 spiro atoms. The van der Waals surface area contributed by atoms with E-state index in [4.69, 9.17) is 0 Å². The Morgan fingerprint density at radius 3 is 2.02 bits per heavy atom. The number of likely N-dealkylation sites (N-methyl/N-ethyl adjacent to an activating group) is 1. The van der Waals surface area contributed by atoms with E-state index >= 15 is 0 Å². The fourth-order valence-corrected chi connectivity index (χ4v) is 4.35. The molecule has 40 heavy (non-hydrogen) atoms. The van der Waals surface area contributed by atoms with Gasteiger partial charge in [0.15, 0.2) is 5.78 Å². The van der Waals surface area contributed by atoms with Crippen molar-refractivity contribution in [2.75, 3.05) is 44.7 Å². The van der Waals surface area contributed by atoms with Crippen molar-refractivity contribution in [2.45, 2.75) is 18.8 Å². The first-order chi connectivity index (χ1) is 18.8. The lowest BCUT2D eigenvalue weighted by Crippen LogP contribution is -2.45. The van der Waals surface area contributed by atoms with Gasteiger partial charge in [-0.1, -0.05) is 30.3 Å². The van der Waals surface area contributed by atoms with Gasteiger partial charge in [0.1, 0.15) is 5.82 Å². The van der Waals surface area contributed by atoms with E-state index in [2.05, 4.69) is 15.2 Å². The Labute approximate surface area is 226 Å². The highest BCUT2D eigenvalue weighted by molar-refractivity contribution is 6.15. The van der Waals surface area contributed by atoms with Gasteiger partial charge in [0.05, 0.1) is 16.7 Å². The minimum Gasteiger partial charge on any atom is -0.354 e. The molecule has 3 aromatic rings. The number of rotatable bonds is 7. The van der Waals surface area contributed by atoms with E-state index in [1.807, 2.05) is 11.9 Å². The Bertz CT molecular complexity index is 1340. The average molecular weight is 565 g/mol. The molecule has 0 unspecified atom stereocenters. The van der Waals surface area contributed by atoms with Gasteiger partial charge in [-0.05, 0) is 43.3 Å². The molecule has 0 bridgehead atoms. The number of carbonyl (C=O) groups excluding carboxylic acids is 2. The van der Waals surface area contributed by atoms with Crippen LogP contribution in [-0.2, 0) is 18.8 Å². The van der Waals surface area contributed by atoms with Gasteiger partial charge < -0.3 is 15.1 Å². The molecule has 0 radical (unpaired) electrons. The van der Waals surface area contributed by atoms with Crippen molar-refractivity contribution in [3.05, 3.63) is 94.2 Å². The van der Waals surface area contributed by atoms with Crippen molar-refractivity contribution in [3.8, 4) is 0 Å². The van der Waals surface area contributed by atoms with Crippen LogP contribution in [-0.4, -0.2) is 61.3 Å². The number of amides is 1.